The lowest BCUT2D eigenvalue weighted by atomic mass is 9.88. The summed E-state index contributed by atoms with van der Waals surface area (Å²) < 4.78 is 19.8. The predicted molar refractivity (Wildman–Crippen MR) is 135 cm³/mol. The summed E-state index contributed by atoms with van der Waals surface area (Å²) in [6, 6.07) is 14.8. The molecule has 1 aromatic heterocycles. The molecular weight excluding hydrogens is 471 g/mol. The number of halogens is 2. The molecule has 7 nitrogen and oxygen atoms in total. The first-order chi connectivity index (χ1) is 16.5. The van der Waals surface area contributed by atoms with Crippen molar-refractivity contribution in [2.75, 3.05) is 23.7 Å². The molecule has 2 heterocycles. The Kier molecular flexibility index (Phi) is 9.17. The second kappa shape index (κ2) is 12.3. The second-order valence-corrected chi connectivity index (χ2v) is 8.28. The Balaban J connectivity index is 0.00000342. The smallest absolute Gasteiger partial charge is 0.412 e. The molecule has 3 N–H and O–H groups in total. The first kappa shape index (κ1) is 26.1. The van der Waals surface area contributed by atoms with E-state index in [0.717, 1.165) is 31.5 Å². The number of nitrogens with one attached hydrogen (secondary N) is 3. The van der Waals surface area contributed by atoms with Crippen LogP contribution in [0.4, 0.5) is 20.6 Å². The molecule has 9 heteroatoms. The first-order valence-electron chi connectivity index (χ1n) is 11.3. The third-order valence-electron chi connectivity index (χ3n) is 5.93. The molecule has 35 heavy (non-hydrogen) atoms. The SMILES string of the molecule is Cc1ccc(C(=O)Nc2ccccc2NC(=O)OC(c2ccncc2)C2CCNCC2)cc1F.Cl. The highest BCUT2D eigenvalue weighted by molar-refractivity contribution is 6.06. The Morgan fingerprint density at radius 1 is 1.03 bits per heavy atom. The standard InChI is InChI=1S/C26H27FN4O3.ClH/c1-17-6-7-20(16-21(17)27)25(32)30-22-4-2-3-5-23(22)31-26(33)34-24(18-8-12-28-13-9-18)19-10-14-29-15-11-19;/h2-9,12-13,16,19,24,29H,10-11,14-15H2,1H3,(H,30,32)(H,31,33);1H. The number of aryl methyl sites for hydroxylation is 1. The number of pyridine rings is 1. The molecule has 4 rings (SSSR count). The van der Waals surface area contributed by atoms with Gasteiger partial charge in [-0.3, -0.25) is 15.1 Å². The third-order valence-corrected chi connectivity index (χ3v) is 5.93. The quantitative estimate of drug-likeness (QED) is 0.418. The van der Waals surface area contributed by atoms with Crippen molar-refractivity contribution in [3.05, 3.63) is 89.5 Å². The summed E-state index contributed by atoms with van der Waals surface area (Å²) in [5, 5.41) is 8.81. The number of hydrogen-bond acceptors (Lipinski definition) is 5. The van der Waals surface area contributed by atoms with Gasteiger partial charge in [-0.25, -0.2) is 9.18 Å². The maximum absolute atomic E-state index is 13.9. The van der Waals surface area contributed by atoms with E-state index in [1.165, 1.54) is 6.07 Å². The highest BCUT2D eigenvalue weighted by Crippen LogP contribution is 2.33. The molecule has 0 saturated carbocycles. The van der Waals surface area contributed by atoms with E-state index in [2.05, 4.69) is 20.9 Å². The van der Waals surface area contributed by atoms with Crippen molar-refractivity contribution in [3.8, 4) is 0 Å². The predicted octanol–water partition coefficient (Wildman–Crippen LogP) is 5.49. The van der Waals surface area contributed by atoms with Gasteiger partial charge in [-0.05, 0) is 80.4 Å². The number of aromatic nitrogens is 1. The molecule has 2 amide bonds. The lowest BCUT2D eigenvalue weighted by molar-refractivity contribution is 0.0591. The number of nitrogens with zero attached hydrogens (tertiary/aromatic N) is 1. The molecule has 1 unspecified atom stereocenters. The molecule has 1 saturated heterocycles. The van der Waals surface area contributed by atoms with E-state index in [9.17, 15) is 14.0 Å². The molecule has 0 bridgehead atoms. The van der Waals surface area contributed by atoms with Crippen LogP contribution in [0.25, 0.3) is 0 Å². The van der Waals surface area contributed by atoms with Crippen LogP contribution in [0.1, 0.15) is 40.4 Å². The van der Waals surface area contributed by atoms with E-state index in [-0.39, 0.29) is 23.9 Å². The zero-order valence-electron chi connectivity index (χ0n) is 19.3. The summed E-state index contributed by atoms with van der Waals surface area (Å²) >= 11 is 0. The lowest BCUT2D eigenvalue weighted by Gasteiger charge is -2.30. The van der Waals surface area contributed by atoms with Crippen LogP contribution in [-0.2, 0) is 4.74 Å². The number of rotatable bonds is 6. The Labute approximate surface area is 209 Å². The fraction of sp³-hybridized carbons (Fsp3) is 0.269. The molecule has 0 radical (unpaired) electrons. The molecule has 1 aliphatic rings. The number of para-hydroxylation sites is 2. The second-order valence-electron chi connectivity index (χ2n) is 8.28. The van der Waals surface area contributed by atoms with Gasteiger partial charge in [0, 0.05) is 23.9 Å². The highest BCUT2D eigenvalue weighted by atomic mass is 35.5. The van der Waals surface area contributed by atoms with E-state index in [1.54, 1.807) is 55.7 Å². The summed E-state index contributed by atoms with van der Waals surface area (Å²) in [5.41, 5.74) is 2.29. The third kappa shape index (κ3) is 6.77. The molecule has 0 aliphatic carbocycles. The number of carbonyl (C=O) groups excluding carboxylic acids is 2. The number of amides is 2. The van der Waals surface area contributed by atoms with Crippen molar-refractivity contribution in [3.63, 3.8) is 0 Å². The Morgan fingerprint density at radius 2 is 1.69 bits per heavy atom. The summed E-state index contributed by atoms with van der Waals surface area (Å²) in [6.45, 7) is 3.36. The van der Waals surface area contributed by atoms with Crippen molar-refractivity contribution in [2.24, 2.45) is 5.92 Å². The highest BCUT2D eigenvalue weighted by Gasteiger charge is 2.28. The number of benzene rings is 2. The molecule has 0 spiro atoms. The van der Waals surface area contributed by atoms with Crippen molar-refractivity contribution < 1.29 is 18.7 Å². The van der Waals surface area contributed by atoms with Gasteiger partial charge in [-0.1, -0.05) is 18.2 Å². The van der Waals surface area contributed by atoms with Gasteiger partial charge >= 0.3 is 6.09 Å². The average molecular weight is 499 g/mol. The average Bonchev–Trinajstić information content (AvgIpc) is 2.86. The summed E-state index contributed by atoms with van der Waals surface area (Å²) in [7, 11) is 0. The van der Waals surface area contributed by atoms with Crippen LogP contribution in [0.3, 0.4) is 0 Å². The minimum Gasteiger partial charge on any atom is -0.441 e. The minimum atomic E-state index is -0.622. The fourth-order valence-electron chi connectivity index (χ4n) is 4.02. The maximum atomic E-state index is 13.9. The minimum absolute atomic E-state index is 0. The summed E-state index contributed by atoms with van der Waals surface area (Å²) in [6.07, 6.45) is 4.11. The number of ether oxygens (including phenoxy) is 1. The maximum Gasteiger partial charge on any atom is 0.412 e. The fourth-order valence-corrected chi connectivity index (χ4v) is 4.02. The van der Waals surface area contributed by atoms with E-state index >= 15 is 0 Å². The van der Waals surface area contributed by atoms with Crippen LogP contribution >= 0.6 is 12.4 Å². The lowest BCUT2D eigenvalue weighted by Crippen LogP contribution is -2.33. The van der Waals surface area contributed by atoms with Crippen LogP contribution in [0.2, 0.25) is 0 Å². The van der Waals surface area contributed by atoms with Gasteiger partial charge in [0.15, 0.2) is 0 Å². The van der Waals surface area contributed by atoms with Crippen molar-refractivity contribution >= 4 is 35.8 Å². The normalized spacial score (nSPS) is 14.3. The van der Waals surface area contributed by atoms with E-state index in [1.807, 2.05) is 12.1 Å². The molecule has 2 aromatic carbocycles. The molecule has 1 fully saturated rings. The molecule has 1 aliphatic heterocycles. The molecule has 3 aromatic rings. The van der Waals surface area contributed by atoms with Gasteiger partial charge in [0.05, 0.1) is 11.4 Å². The zero-order valence-corrected chi connectivity index (χ0v) is 20.1. The zero-order chi connectivity index (χ0) is 23.9. The van der Waals surface area contributed by atoms with Gasteiger partial charge in [0.25, 0.3) is 5.91 Å². The van der Waals surface area contributed by atoms with Crippen LogP contribution in [0.5, 0.6) is 0 Å². The van der Waals surface area contributed by atoms with Crippen LogP contribution in [0, 0.1) is 18.7 Å². The van der Waals surface area contributed by atoms with Crippen molar-refractivity contribution in [2.45, 2.75) is 25.9 Å². The van der Waals surface area contributed by atoms with Crippen molar-refractivity contribution in [1.82, 2.24) is 10.3 Å². The van der Waals surface area contributed by atoms with E-state index in [0.29, 0.717) is 16.9 Å². The van der Waals surface area contributed by atoms with Gasteiger partial charge in [-0.15, -0.1) is 12.4 Å². The molecular formula is C26H28ClFN4O3. The summed E-state index contributed by atoms with van der Waals surface area (Å²) in [4.78, 5) is 29.6. The first-order valence-corrected chi connectivity index (χ1v) is 11.3. The van der Waals surface area contributed by atoms with Gasteiger partial charge in [0.1, 0.15) is 11.9 Å². The van der Waals surface area contributed by atoms with Gasteiger partial charge in [-0.2, -0.15) is 0 Å². The van der Waals surface area contributed by atoms with Crippen LogP contribution < -0.4 is 16.0 Å². The Hall–Kier alpha value is -3.49. The van der Waals surface area contributed by atoms with Gasteiger partial charge < -0.3 is 15.4 Å². The largest absolute Gasteiger partial charge is 0.441 e. The van der Waals surface area contributed by atoms with Crippen LogP contribution in [0.15, 0.2) is 67.0 Å². The van der Waals surface area contributed by atoms with Crippen LogP contribution in [-0.4, -0.2) is 30.1 Å². The summed E-state index contributed by atoms with van der Waals surface area (Å²) in [5.74, 6) is -0.755. The topological polar surface area (TPSA) is 92.4 Å². The van der Waals surface area contributed by atoms with Gasteiger partial charge in [0.2, 0.25) is 0 Å². The molecule has 184 valence electrons. The number of anilines is 2. The number of carbonyl (C=O) groups is 2. The van der Waals surface area contributed by atoms with Crippen molar-refractivity contribution in [1.29, 1.82) is 0 Å². The monoisotopic (exact) mass is 498 g/mol. The Morgan fingerprint density at radius 3 is 2.34 bits per heavy atom. The van der Waals surface area contributed by atoms with E-state index < -0.39 is 23.9 Å². The number of hydrogen-bond donors (Lipinski definition) is 3. The molecule has 1 atom stereocenters. The Bertz CT molecular complexity index is 1160. The van der Waals surface area contributed by atoms with E-state index in [4.69, 9.17) is 4.74 Å². The number of piperidine rings is 1.